The lowest BCUT2D eigenvalue weighted by molar-refractivity contribution is -0.170. The van der Waals surface area contributed by atoms with Crippen LogP contribution in [0.5, 0.6) is 5.75 Å². The molecule has 1 saturated heterocycles. The summed E-state index contributed by atoms with van der Waals surface area (Å²) in [7, 11) is 1.63. The third-order valence-corrected chi connectivity index (χ3v) is 8.37. The second-order valence-electron chi connectivity index (χ2n) is 13.5. The Labute approximate surface area is 237 Å². The number of carbonyl (C=O) groups excluding carboxylic acids is 2. The zero-order chi connectivity index (χ0) is 29.2. The van der Waals surface area contributed by atoms with E-state index >= 15 is 0 Å². The Morgan fingerprint density at radius 3 is 2.45 bits per heavy atom. The first kappa shape index (κ1) is 28.7. The van der Waals surface area contributed by atoms with Crippen molar-refractivity contribution in [2.45, 2.75) is 105 Å². The molecular formula is C32H44N2O6. The minimum atomic E-state index is -0.965. The number of fused-ring (bicyclic) bond motifs is 5. The number of aromatic nitrogens is 1. The van der Waals surface area contributed by atoms with Crippen molar-refractivity contribution in [2.24, 2.45) is 5.41 Å². The number of hydrogen-bond acceptors (Lipinski definition) is 6. The minimum Gasteiger partial charge on any atom is -0.496 e. The van der Waals surface area contributed by atoms with E-state index in [1.54, 1.807) is 27.9 Å². The van der Waals surface area contributed by atoms with Gasteiger partial charge >= 0.3 is 5.97 Å². The van der Waals surface area contributed by atoms with Crippen molar-refractivity contribution < 1.29 is 28.5 Å². The van der Waals surface area contributed by atoms with E-state index in [4.69, 9.17) is 18.9 Å². The Balaban J connectivity index is 1.66. The molecular weight excluding hydrogens is 508 g/mol. The molecule has 0 saturated carbocycles. The molecule has 0 unspecified atom stereocenters. The topological polar surface area (TPSA) is 79.2 Å². The van der Waals surface area contributed by atoms with Crippen molar-refractivity contribution in [2.75, 3.05) is 20.3 Å². The number of aryl methyl sites for hydroxylation is 1. The molecule has 1 aromatic carbocycles. The van der Waals surface area contributed by atoms with E-state index in [1.165, 1.54) is 0 Å². The van der Waals surface area contributed by atoms with Crippen molar-refractivity contribution in [1.29, 1.82) is 0 Å². The van der Waals surface area contributed by atoms with Crippen LogP contribution in [0.1, 0.15) is 95.1 Å². The van der Waals surface area contributed by atoms with E-state index in [2.05, 4.69) is 51.3 Å². The molecule has 218 valence electrons. The summed E-state index contributed by atoms with van der Waals surface area (Å²) in [6.07, 6.45) is 0.931. The van der Waals surface area contributed by atoms with E-state index < -0.39 is 24.0 Å². The van der Waals surface area contributed by atoms with Crippen LogP contribution in [0, 0.1) is 5.41 Å². The summed E-state index contributed by atoms with van der Waals surface area (Å²) in [4.78, 5) is 29.0. The van der Waals surface area contributed by atoms with Crippen LogP contribution in [0.25, 0.3) is 11.3 Å². The van der Waals surface area contributed by atoms with Crippen LogP contribution in [0.15, 0.2) is 18.2 Å². The van der Waals surface area contributed by atoms with Crippen LogP contribution >= 0.6 is 0 Å². The first-order valence-electron chi connectivity index (χ1n) is 14.4. The Morgan fingerprint density at radius 1 is 1.07 bits per heavy atom. The Kier molecular flexibility index (Phi) is 7.11. The highest BCUT2D eigenvalue weighted by atomic mass is 16.8. The average Bonchev–Trinajstić information content (AvgIpc) is 3.37. The number of amides is 1. The molecule has 3 aliphatic heterocycles. The second-order valence-corrected chi connectivity index (χ2v) is 13.5. The normalized spacial score (nSPS) is 23.5. The van der Waals surface area contributed by atoms with E-state index in [0.29, 0.717) is 12.3 Å². The number of esters is 1. The average molecular weight is 553 g/mol. The fraction of sp³-hybridized carbons (Fsp3) is 0.625. The van der Waals surface area contributed by atoms with Gasteiger partial charge in [-0.1, -0.05) is 13.8 Å². The molecule has 1 aromatic heterocycles. The minimum absolute atomic E-state index is 0.0534. The fourth-order valence-corrected chi connectivity index (χ4v) is 6.44. The van der Waals surface area contributed by atoms with Gasteiger partial charge in [-0.15, -0.1) is 0 Å². The summed E-state index contributed by atoms with van der Waals surface area (Å²) in [6.45, 7) is 18.0. The Morgan fingerprint density at radius 2 is 1.80 bits per heavy atom. The smallest absolute Gasteiger partial charge is 0.338 e. The van der Waals surface area contributed by atoms with Crippen LogP contribution < -0.4 is 4.74 Å². The lowest BCUT2D eigenvalue weighted by Crippen LogP contribution is -2.49. The van der Waals surface area contributed by atoms with E-state index in [9.17, 15) is 9.59 Å². The third-order valence-electron chi connectivity index (χ3n) is 8.37. The lowest BCUT2D eigenvalue weighted by atomic mass is 9.80. The first-order chi connectivity index (χ1) is 18.7. The number of hydrogen-bond donors (Lipinski definition) is 0. The number of rotatable bonds is 4. The largest absolute Gasteiger partial charge is 0.496 e. The van der Waals surface area contributed by atoms with Gasteiger partial charge in [-0.25, -0.2) is 4.79 Å². The molecule has 0 spiro atoms. The summed E-state index contributed by atoms with van der Waals surface area (Å²) in [5.41, 5.74) is 5.57. The van der Waals surface area contributed by atoms with Gasteiger partial charge in [0.1, 0.15) is 17.5 Å². The molecule has 0 aliphatic carbocycles. The van der Waals surface area contributed by atoms with E-state index in [-0.39, 0.29) is 23.5 Å². The zero-order valence-electron chi connectivity index (χ0n) is 25.5. The summed E-state index contributed by atoms with van der Waals surface area (Å²) in [5, 5.41) is 0. The molecule has 2 atom stereocenters. The highest BCUT2D eigenvalue weighted by Gasteiger charge is 2.48. The molecule has 8 nitrogen and oxygen atoms in total. The molecule has 2 aromatic rings. The highest BCUT2D eigenvalue weighted by molar-refractivity contribution is 5.96. The van der Waals surface area contributed by atoms with Crippen LogP contribution in [0.3, 0.4) is 0 Å². The SMILES string of the molecule is CCOC(=O)[C@@H]1OC(C)(C)O[C@H]1c1cc2c(cc1OC)CCn1c-2cc2c1C(=O)N(C(C)(C)C)CCC(C)(C)C2. The maximum atomic E-state index is 14.1. The van der Waals surface area contributed by atoms with Gasteiger partial charge in [0.05, 0.1) is 13.7 Å². The molecule has 3 aliphatic rings. The van der Waals surface area contributed by atoms with Crippen molar-refractivity contribution in [3.63, 3.8) is 0 Å². The van der Waals surface area contributed by atoms with Crippen LogP contribution in [0.4, 0.5) is 0 Å². The van der Waals surface area contributed by atoms with Gasteiger partial charge in [0.15, 0.2) is 11.9 Å². The van der Waals surface area contributed by atoms with Gasteiger partial charge in [0.25, 0.3) is 5.91 Å². The van der Waals surface area contributed by atoms with Gasteiger partial charge in [-0.05, 0) is 95.5 Å². The highest BCUT2D eigenvalue weighted by Crippen LogP contribution is 2.46. The quantitative estimate of drug-likeness (QED) is 0.454. The third kappa shape index (κ3) is 5.05. The lowest BCUT2D eigenvalue weighted by Gasteiger charge is -2.40. The van der Waals surface area contributed by atoms with Crippen molar-refractivity contribution >= 4 is 11.9 Å². The van der Waals surface area contributed by atoms with Crippen LogP contribution in [0.2, 0.25) is 0 Å². The molecule has 8 heteroatoms. The number of ether oxygens (including phenoxy) is 4. The summed E-state index contributed by atoms with van der Waals surface area (Å²) >= 11 is 0. The molecule has 4 heterocycles. The molecule has 0 bridgehead atoms. The maximum absolute atomic E-state index is 14.1. The predicted molar refractivity (Wildman–Crippen MR) is 152 cm³/mol. The molecule has 1 amide bonds. The van der Waals surface area contributed by atoms with Crippen LogP contribution in [-0.2, 0) is 38.4 Å². The monoisotopic (exact) mass is 552 g/mol. The summed E-state index contributed by atoms with van der Waals surface area (Å²) < 4.78 is 25.6. The number of nitrogens with zero attached hydrogens (tertiary/aromatic N) is 2. The fourth-order valence-electron chi connectivity index (χ4n) is 6.44. The van der Waals surface area contributed by atoms with Gasteiger partial charge in [0, 0.05) is 35.4 Å². The van der Waals surface area contributed by atoms with Gasteiger partial charge in [0.2, 0.25) is 0 Å². The number of carbonyl (C=O) groups is 2. The molecule has 5 rings (SSSR count). The summed E-state index contributed by atoms with van der Waals surface area (Å²) in [5.74, 6) is -0.682. The number of benzene rings is 1. The standard InChI is InChI=1S/C32H44N2O6/c1-10-38-29(36)27-26(39-32(7,8)40-27)22-17-21-19(16-24(22)37-9)11-13-33-23(21)15-20-18-31(5,6)12-14-34(30(2,3)4)28(35)25(20)33/h15-17,26-27H,10-14,18H2,1-9H3/t26-,27+/m0/s1. The Hall–Kier alpha value is -2.84. The molecule has 40 heavy (non-hydrogen) atoms. The van der Waals surface area contributed by atoms with E-state index in [1.807, 2.05) is 11.0 Å². The van der Waals surface area contributed by atoms with Crippen LogP contribution in [-0.4, -0.2) is 59.0 Å². The molecule has 1 fully saturated rings. The zero-order valence-corrected chi connectivity index (χ0v) is 25.5. The van der Waals surface area contributed by atoms with E-state index in [0.717, 1.165) is 59.4 Å². The number of methoxy groups -OCH3 is 1. The second kappa shape index (κ2) is 9.91. The van der Waals surface area contributed by atoms with Crippen molar-refractivity contribution in [1.82, 2.24) is 9.47 Å². The van der Waals surface area contributed by atoms with Gasteiger partial charge in [-0.3, -0.25) is 4.79 Å². The molecule has 0 radical (unpaired) electrons. The van der Waals surface area contributed by atoms with Gasteiger partial charge < -0.3 is 28.4 Å². The predicted octanol–water partition coefficient (Wildman–Crippen LogP) is 5.69. The Bertz CT molecular complexity index is 1330. The van der Waals surface area contributed by atoms with Crippen molar-refractivity contribution in [3.8, 4) is 17.0 Å². The van der Waals surface area contributed by atoms with Gasteiger partial charge in [-0.2, -0.15) is 0 Å². The first-order valence-corrected chi connectivity index (χ1v) is 14.4. The maximum Gasteiger partial charge on any atom is 0.338 e. The van der Waals surface area contributed by atoms with Crippen molar-refractivity contribution in [3.05, 3.63) is 40.6 Å². The molecule has 0 N–H and O–H groups in total. The summed E-state index contributed by atoms with van der Waals surface area (Å²) in [6, 6.07) is 6.31.